The number of hydrogen-bond acceptors (Lipinski definition) is 6. The smallest absolute Gasteiger partial charge is 0.255 e. The molecule has 0 radical (unpaired) electrons. The summed E-state index contributed by atoms with van der Waals surface area (Å²) in [6.07, 6.45) is 5.18. The average Bonchev–Trinajstić information content (AvgIpc) is 3.48. The van der Waals surface area contributed by atoms with Crippen LogP contribution in [-0.4, -0.2) is 67.2 Å². The molecular formula is C29H36N2O5. The van der Waals surface area contributed by atoms with Gasteiger partial charge in [0.25, 0.3) is 5.91 Å². The molecule has 2 heterocycles. The van der Waals surface area contributed by atoms with Crippen LogP contribution in [-0.2, 0) is 16.1 Å². The van der Waals surface area contributed by atoms with Gasteiger partial charge in [-0.3, -0.25) is 4.79 Å². The van der Waals surface area contributed by atoms with Gasteiger partial charge in [0.1, 0.15) is 24.1 Å². The van der Waals surface area contributed by atoms with Crippen LogP contribution in [0.4, 0.5) is 0 Å². The van der Waals surface area contributed by atoms with E-state index in [0.717, 1.165) is 69.4 Å². The molecule has 0 saturated carbocycles. The van der Waals surface area contributed by atoms with Crippen LogP contribution in [0.3, 0.4) is 0 Å². The van der Waals surface area contributed by atoms with E-state index in [-0.39, 0.29) is 12.3 Å². The number of unbranched alkanes of at least 4 members (excludes halogenated alkanes) is 1. The molecule has 2 aliphatic rings. The maximum absolute atomic E-state index is 12.8. The molecule has 0 aliphatic carbocycles. The minimum atomic E-state index is -0.591. The van der Waals surface area contributed by atoms with Crippen molar-refractivity contribution in [2.75, 3.05) is 32.8 Å². The Morgan fingerprint density at radius 3 is 2.81 bits per heavy atom. The van der Waals surface area contributed by atoms with Crippen molar-refractivity contribution in [1.29, 1.82) is 0 Å². The van der Waals surface area contributed by atoms with Crippen molar-refractivity contribution in [3.63, 3.8) is 0 Å². The van der Waals surface area contributed by atoms with Gasteiger partial charge in [-0.25, -0.2) is 0 Å². The SMILES string of the molecule is CCN(CCCCOc1cccc2c1CN(C(C=O)CCC=O)C2=O)CC[C@H]1COc2ccccc21. The van der Waals surface area contributed by atoms with E-state index in [4.69, 9.17) is 9.47 Å². The maximum Gasteiger partial charge on any atom is 0.255 e. The van der Waals surface area contributed by atoms with Crippen LogP contribution in [0.2, 0.25) is 0 Å². The Bertz CT molecular complexity index is 1060. The first-order valence-corrected chi connectivity index (χ1v) is 13.0. The van der Waals surface area contributed by atoms with Gasteiger partial charge in [-0.15, -0.1) is 0 Å². The largest absolute Gasteiger partial charge is 0.493 e. The second kappa shape index (κ2) is 12.7. The minimum absolute atomic E-state index is 0.174. The van der Waals surface area contributed by atoms with Crippen LogP contribution in [0.25, 0.3) is 0 Å². The fourth-order valence-corrected chi connectivity index (χ4v) is 5.12. The van der Waals surface area contributed by atoms with E-state index in [9.17, 15) is 14.4 Å². The van der Waals surface area contributed by atoms with Crippen molar-refractivity contribution >= 4 is 18.5 Å². The third-order valence-corrected chi connectivity index (χ3v) is 7.26. The first kappa shape index (κ1) is 25.9. The van der Waals surface area contributed by atoms with Crippen molar-refractivity contribution in [1.82, 2.24) is 9.80 Å². The molecular weight excluding hydrogens is 456 g/mol. The van der Waals surface area contributed by atoms with Gasteiger partial charge < -0.3 is 28.9 Å². The summed E-state index contributed by atoms with van der Waals surface area (Å²) in [5, 5.41) is 0. The van der Waals surface area contributed by atoms with Gasteiger partial charge >= 0.3 is 0 Å². The van der Waals surface area contributed by atoms with E-state index < -0.39 is 6.04 Å². The summed E-state index contributed by atoms with van der Waals surface area (Å²) >= 11 is 0. The highest BCUT2D eigenvalue weighted by molar-refractivity contribution is 6.00. The summed E-state index contributed by atoms with van der Waals surface area (Å²) in [7, 11) is 0. The molecule has 0 bridgehead atoms. The number of hydrogen-bond donors (Lipinski definition) is 0. The number of ether oxygens (including phenoxy) is 2. The lowest BCUT2D eigenvalue weighted by molar-refractivity contribution is -0.112. The lowest BCUT2D eigenvalue weighted by atomic mass is 9.98. The second-order valence-corrected chi connectivity index (χ2v) is 9.49. The predicted octanol–water partition coefficient (Wildman–Crippen LogP) is 4.24. The molecule has 7 nitrogen and oxygen atoms in total. The second-order valence-electron chi connectivity index (χ2n) is 9.49. The van der Waals surface area contributed by atoms with Gasteiger partial charge in [-0.2, -0.15) is 0 Å². The highest BCUT2D eigenvalue weighted by Gasteiger charge is 2.34. The average molecular weight is 493 g/mol. The Labute approximate surface area is 213 Å². The monoisotopic (exact) mass is 492 g/mol. The number of benzene rings is 2. The van der Waals surface area contributed by atoms with Crippen molar-refractivity contribution in [3.8, 4) is 11.5 Å². The fourth-order valence-electron chi connectivity index (χ4n) is 5.12. The Hall–Kier alpha value is -3.19. The molecule has 0 fully saturated rings. The van der Waals surface area contributed by atoms with Crippen LogP contribution in [0.5, 0.6) is 11.5 Å². The van der Waals surface area contributed by atoms with Gasteiger partial charge in [0.15, 0.2) is 0 Å². The highest BCUT2D eigenvalue weighted by atomic mass is 16.5. The van der Waals surface area contributed by atoms with Gasteiger partial charge in [0.2, 0.25) is 0 Å². The number of carbonyl (C=O) groups is 3. The van der Waals surface area contributed by atoms with Gasteiger partial charge in [-0.05, 0) is 63.5 Å². The first-order chi connectivity index (χ1) is 17.7. The maximum atomic E-state index is 12.8. The molecule has 0 N–H and O–H groups in total. The number of amides is 1. The molecule has 7 heteroatoms. The van der Waals surface area contributed by atoms with Crippen LogP contribution >= 0.6 is 0 Å². The van der Waals surface area contributed by atoms with E-state index >= 15 is 0 Å². The zero-order chi connectivity index (χ0) is 25.3. The summed E-state index contributed by atoms with van der Waals surface area (Å²) in [5.41, 5.74) is 2.74. The lowest BCUT2D eigenvalue weighted by Crippen LogP contribution is -2.36. The molecule has 0 aromatic heterocycles. The normalized spacial score (nSPS) is 17.0. The van der Waals surface area contributed by atoms with Crippen molar-refractivity contribution < 1.29 is 23.9 Å². The third-order valence-electron chi connectivity index (χ3n) is 7.26. The summed E-state index contributed by atoms with van der Waals surface area (Å²) < 4.78 is 11.9. The first-order valence-electron chi connectivity index (χ1n) is 13.0. The van der Waals surface area contributed by atoms with E-state index in [1.807, 2.05) is 18.2 Å². The Morgan fingerprint density at radius 1 is 1.14 bits per heavy atom. The van der Waals surface area contributed by atoms with Crippen LogP contribution < -0.4 is 9.47 Å². The van der Waals surface area contributed by atoms with Crippen LogP contribution in [0, 0.1) is 0 Å². The molecule has 192 valence electrons. The van der Waals surface area contributed by atoms with Gasteiger partial charge in [-0.1, -0.05) is 31.2 Å². The zero-order valence-electron chi connectivity index (χ0n) is 21.1. The molecule has 2 atom stereocenters. The van der Waals surface area contributed by atoms with Crippen LogP contribution in [0.1, 0.15) is 66.4 Å². The molecule has 0 saturated heterocycles. The summed E-state index contributed by atoms with van der Waals surface area (Å²) in [6, 6.07) is 13.2. The fraction of sp³-hybridized carbons (Fsp3) is 0.483. The Morgan fingerprint density at radius 2 is 2.00 bits per heavy atom. The number of rotatable bonds is 15. The number of aldehydes is 2. The van der Waals surface area contributed by atoms with Crippen molar-refractivity contribution in [2.45, 2.75) is 57.5 Å². The molecule has 1 unspecified atom stereocenters. The minimum Gasteiger partial charge on any atom is -0.493 e. The molecule has 1 amide bonds. The van der Waals surface area contributed by atoms with E-state index in [2.05, 4.69) is 30.0 Å². The van der Waals surface area contributed by atoms with Crippen LogP contribution in [0.15, 0.2) is 42.5 Å². The molecule has 0 spiro atoms. The van der Waals surface area contributed by atoms with E-state index in [1.54, 1.807) is 11.0 Å². The highest BCUT2D eigenvalue weighted by Crippen LogP contribution is 2.35. The van der Waals surface area contributed by atoms with Gasteiger partial charge in [0.05, 0.1) is 25.8 Å². The molecule has 4 rings (SSSR count). The third kappa shape index (κ3) is 5.95. The number of fused-ring (bicyclic) bond motifs is 2. The molecule has 2 aliphatic heterocycles. The standard InChI is InChI=1S/C29H36N2O5/c1-2-30(16-14-22-21-36-27-12-4-3-10-24(22)27)15-5-6-18-35-28-13-7-11-25-26(28)19-31(29(25)34)23(20-33)9-8-17-32/h3-4,7,10-13,17,20,22-23H,2,5-6,8-9,14-16,18-19,21H2,1H3/t22-,23?/m0/s1. The number of nitrogens with zero attached hydrogens (tertiary/aromatic N) is 2. The number of para-hydroxylation sites is 1. The summed E-state index contributed by atoms with van der Waals surface area (Å²) in [6.45, 7) is 6.97. The summed E-state index contributed by atoms with van der Waals surface area (Å²) in [4.78, 5) is 39.1. The lowest BCUT2D eigenvalue weighted by Gasteiger charge is -2.22. The van der Waals surface area contributed by atoms with E-state index in [1.165, 1.54) is 5.56 Å². The van der Waals surface area contributed by atoms with Crippen molar-refractivity contribution in [3.05, 3.63) is 59.2 Å². The van der Waals surface area contributed by atoms with E-state index in [0.29, 0.717) is 36.8 Å². The number of carbonyl (C=O) groups excluding carboxylic acids is 3. The zero-order valence-corrected chi connectivity index (χ0v) is 21.1. The predicted molar refractivity (Wildman–Crippen MR) is 138 cm³/mol. The molecule has 2 aromatic carbocycles. The Balaban J connectivity index is 1.22. The molecule has 36 heavy (non-hydrogen) atoms. The topological polar surface area (TPSA) is 76.2 Å². The summed E-state index contributed by atoms with van der Waals surface area (Å²) in [5.74, 6) is 2.03. The van der Waals surface area contributed by atoms with Gasteiger partial charge in [0, 0.05) is 29.0 Å². The van der Waals surface area contributed by atoms with Crippen molar-refractivity contribution in [2.24, 2.45) is 0 Å². The quantitative estimate of drug-likeness (QED) is 0.274. The molecule has 2 aromatic rings. The Kier molecular flexibility index (Phi) is 9.11.